The Labute approximate surface area is 224 Å². The van der Waals surface area contributed by atoms with Gasteiger partial charge < -0.3 is 18.6 Å². The summed E-state index contributed by atoms with van der Waals surface area (Å²) in [6.07, 6.45) is 1.52. The summed E-state index contributed by atoms with van der Waals surface area (Å²) in [5.74, 6) is 0.830. The molecule has 0 radical (unpaired) electrons. The molecule has 4 rings (SSSR count). The minimum atomic E-state index is 0.388. The number of imidazole rings is 2. The van der Waals surface area contributed by atoms with E-state index in [1.54, 1.807) is 6.07 Å². The largest absolute Gasteiger partial charge is 0.380 e. The maximum absolute atomic E-state index is 11.0. The van der Waals surface area contributed by atoms with Crippen LogP contribution in [0.1, 0.15) is 35.1 Å². The third-order valence-electron chi connectivity index (χ3n) is 5.10. The number of nitrogens with zero attached hydrogens (tertiary/aromatic N) is 4. The van der Waals surface area contributed by atoms with Crippen LogP contribution in [0.2, 0.25) is 5.02 Å². The van der Waals surface area contributed by atoms with Crippen LogP contribution in [-0.4, -0.2) is 58.1 Å². The summed E-state index contributed by atoms with van der Waals surface area (Å²) in [6.45, 7) is 7.55. The number of carbonyl (C=O) groups excluding carboxylic acids is 2. The van der Waals surface area contributed by atoms with Crippen molar-refractivity contribution in [3.05, 3.63) is 55.9 Å². The SMILES string of the molecule is CCOCCn1c(C=O)nc2cc(Cl)c(Br)cc21.CCOCCn1c(C=O)nc2ccc(Br)cc21. The third kappa shape index (κ3) is 6.77. The Morgan fingerprint density at radius 3 is 1.94 bits per heavy atom. The van der Waals surface area contributed by atoms with E-state index in [-0.39, 0.29) is 0 Å². The predicted molar refractivity (Wildman–Crippen MR) is 144 cm³/mol. The fourth-order valence-electron chi connectivity index (χ4n) is 3.50. The lowest BCUT2D eigenvalue weighted by Crippen LogP contribution is -2.08. The van der Waals surface area contributed by atoms with Gasteiger partial charge in [0.2, 0.25) is 0 Å². The van der Waals surface area contributed by atoms with Gasteiger partial charge in [-0.25, -0.2) is 9.97 Å². The van der Waals surface area contributed by atoms with E-state index < -0.39 is 0 Å². The molecule has 0 unspecified atom stereocenters. The molecule has 35 heavy (non-hydrogen) atoms. The van der Waals surface area contributed by atoms with Crippen molar-refractivity contribution >= 4 is 78.1 Å². The number of halogens is 3. The van der Waals surface area contributed by atoms with Crippen molar-refractivity contribution in [1.82, 2.24) is 19.1 Å². The van der Waals surface area contributed by atoms with E-state index in [4.69, 9.17) is 21.1 Å². The van der Waals surface area contributed by atoms with Crippen LogP contribution in [-0.2, 0) is 22.6 Å². The maximum atomic E-state index is 11.0. The van der Waals surface area contributed by atoms with Gasteiger partial charge in [0.1, 0.15) is 0 Å². The number of carbonyl (C=O) groups is 2. The van der Waals surface area contributed by atoms with E-state index in [1.165, 1.54) is 0 Å². The predicted octanol–water partition coefficient (Wildman–Crippen LogP) is 5.95. The summed E-state index contributed by atoms with van der Waals surface area (Å²) >= 11 is 12.8. The Morgan fingerprint density at radius 1 is 0.857 bits per heavy atom. The van der Waals surface area contributed by atoms with Gasteiger partial charge in [0.05, 0.1) is 40.3 Å². The third-order valence-corrected chi connectivity index (χ3v) is 6.79. The van der Waals surface area contributed by atoms with Gasteiger partial charge in [0, 0.05) is 35.2 Å². The molecule has 186 valence electrons. The number of hydrogen-bond donors (Lipinski definition) is 0. The zero-order chi connectivity index (χ0) is 25.4. The topological polar surface area (TPSA) is 88.2 Å². The first-order chi connectivity index (χ1) is 16.9. The first-order valence-corrected chi connectivity index (χ1v) is 13.0. The summed E-state index contributed by atoms with van der Waals surface area (Å²) in [4.78, 5) is 30.5. The van der Waals surface area contributed by atoms with Gasteiger partial charge in [-0.3, -0.25) is 9.59 Å². The Hall–Kier alpha value is -2.11. The molecule has 0 saturated heterocycles. The van der Waals surface area contributed by atoms with Crippen LogP contribution in [0.25, 0.3) is 22.1 Å². The Balaban J connectivity index is 0.000000196. The molecule has 0 aliphatic heterocycles. The van der Waals surface area contributed by atoms with Crippen LogP contribution in [0.15, 0.2) is 39.3 Å². The molecule has 0 spiro atoms. The van der Waals surface area contributed by atoms with Gasteiger partial charge in [0.25, 0.3) is 0 Å². The quantitative estimate of drug-likeness (QED) is 0.159. The minimum Gasteiger partial charge on any atom is -0.380 e. The summed E-state index contributed by atoms with van der Waals surface area (Å²) < 4.78 is 16.1. The van der Waals surface area contributed by atoms with Crippen LogP contribution >= 0.6 is 43.5 Å². The Bertz CT molecular complexity index is 1320. The second kappa shape index (κ2) is 13.3. The molecule has 2 aromatic heterocycles. The fourth-order valence-corrected chi connectivity index (χ4v) is 4.34. The van der Waals surface area contributed by atoms with Crippen LogP contribution in [0.5, 0.6) is 0 Å². The maximum Gasteiger partial charge on any atom is 0.185 e. The fraction of sp³-hybridized carbons (Fsp3) is 0.333. The number of fused-ring (bicyclic) bond motifs is 2. The Kier molecular flexibility index (Phi) is 10.4. The number of rotatable bonds is 10. The highest BCUT2D eigenvalue weighted by atomic mass is 79.9. The second-order valence-corrected chi connectivity index (χ2v) is 9.44. The molecule has 0 amide bonds. The first kappa shape index (κ1) is 27.5. The number of ether oxygens (including phenoxy) is 2. The molecular weight excluding hydrogens is 604 g/mol. The zero-order valence-electron chi connectivity index (χ0n) is 19.3. The number of benzene rings is 2. The molecule has 0 N–H and O–H groups in total. The van der Waals surface area contributed by atoms with Crippen molar-refractivity contribution in [2.24, 2.45) is 0 Å². The summed E-state index contributed by atoms with van der Waals surface area (Å²) in [7, 11) is 0. The smallest absolute Gasteiger partial charge is 0.185 e. The van der Waals surface area contributed by atoms with Gasteiger partial charge in [-0.1, -0.05) is 27.5 Å². The van der Waals surface area contributed by atoms with Crippen molar-refractivity contribution in [3.63, 3.8) is 0 Å². The lowest BCUT2D eigenvalue weighted by Gasteiger charge is -2.06. The van der Waals surface area contributed by atoms with Crippen molar-refractivity contribution in [2.45, 2.75) is 26.9 Å². The van der Waals surface area contributed by atoms with Gasteiger partial charge in [-0.05, 0) is 60.1 Å². The second-order valence-electron chi connectivity index (χ2n) is 7.26. The lowest BCUT2D eigenvalue weighted by atomic mass is 10.3. The molecule has 0 saturated carbocycles. The average molecular weight is 629 g/mol. The van der Waals surface area contributed by atoms with E-state index >= 15 is 0 Å². The van der Waals surface area contributed by atoms with Gasteiger partial charge in [-0.2, -0.15) is 0 Å². The lowest BCUT2D eigenvalue weighted by molar-refractivity contribution is 0.109. The van der Waals surface area contributed by atoms with Crippen molar-refractivity contribution < 1.29 is 19.1 Å². The normalized spacial score (nSPS) is 11.0. The van der Waals surface area contributed by atoms with Gasteiger partial charge in [-0.15, -0.1) is 0 Å². The summed E-state index contributed by atoms with van der Waals surface area (Å²) in [5.41, 5.74) is 3.35. The molecule has 2 heterocycles. The molecular formula is C24H25Br2ClN4O4. The molecule has 4 aromatic rings. The van der Waals surface area contributed by atoms with Gasteiger partial charge in [0.15, 0.2) is 24.2 Å². The standard InChI is InChI=1S/C12H12BrClN2O2.C12H13BrN2O2/c1-2-18-4-3-16-11-5-8(13)9(14)6-10(11)15-12(16)7-17;1-2-17-6-5-15-11-7-9(13)3-4-10(11)14-12(15)8-16/h5-7H,2-4H2,1H3;3-4,7-8H,2,5-6H2,1H3. The van der Waals surface area contributed by atoms with E-state index in [9.17, 15) is 9.59 Å². The molecule has 0 atom stereocenters. The summed E-state index contributed by atoms with van der Waals surface area (Å²) in [6, 6.07) is 9.37. The van der Waals surface area contributed by atoms with E-state index in [0.29, 0.717) is 61.7 Å². The highest BCUT2D eigenvalue weighted by molar-refractivity contribution is 9.10. The molecule has 0 aliphatic rings. The van der Waals surface area contributed by atoms with E-state index in [2.05, 4.69) is 41.8 Å². The molecule has 8 nitrogen and oxygen atoms in total. The summed E-state index contributed by atoms with van der Waals surface area (Å²) in [5, 5.41) is 0.578. The zero-order valence-corrected chi connectivity index (χ0v) is 23.3. The van der Waals surface area contributed by atoms with E-state index in [1.807, 2.05) is 47.2 Å². The number of hydrogen-bond acceptors (Lipinski definition) is 6. The molecule has 0 bridgehead atoms. The van der Waals surface area contributed by atoms with Crippen LogP contribution in [0, 0.1) is 0 Å². The highest BCUT2D eigenvalue weighted by Gasteiger charge is 2.12. The molecule has 0 aliphatic carbocycles. The van der Waals surface area contributed by atoms with Crippen LogP contribution in [0.4, 0.5) is 0 Å². The minimum absolute atomic E-state index is 0.388. The molecule has 0 fully saturated rings. The van der Waals surface area contributed by atoms with Crippen molar-refractivity contribution in [1.29, 1.82) is 0 Å². The van der Waals surface area contributed by atoms with Crippen molar-refractivity contribution in [3.8, 4) is 0 Å². The molecule has 11 heteroatoms. The van der Waals surface area contributed by atoms with Crippen LogP contribution in [0.3, 0.4) is 0 Å². The number of aldehydes is 2. The first-order valence-electron chi connectivity index (χ1n) is 11.0. The van der Waals surface area contributed by atoms with Gasteiger partial charge >= 0.3 is 0 Å². The monoisotopic (exact) mass is 626 g/mol. The highest BCUT2D eigenvalue weighted by Crippen LogP contribution is 2.28. The average Bonchev–Trinajstić information content (AvgIpc) is 3.37. The van der Waals surface area contributed by atoms with Crippen molar-refractivity contribution in [2.75, 3.05) is 26.4 Å². The number of aromatic nitrogens is 4. The molecule has 2 aromatic carbocycles. The van der Waals surface area contributed by atoms with E-state index in [0.717, 1.165) is 38.1 Å². The van der Waals surface area contributed by atoms with Crippen LogP contribution < -0.4 is 0 Å². The Morgan fingerprint density at radius 2 is 1.40 bits per heavy atom.